The van der Waals surface area contributed by atoms with E-state index in [-0.39, 0.29) is 18.4 Å². The van der Waals surface area contributed by atoms with Crippen LogP contribution in [0.4, 0.5) is 0 Å². The SMILES string of the molecule is Cl.Cn1ncc2c1CCC2N. The van der Waals surface area contributed by atoms with Gasteiger partial charge in [-0.25, -0.2) is 0 Å². The Bertz CT molecular complexity index is 256. The molecule has 0 saturated carbocycles. The molecule has 1 unspecified atom stereocenters. The molecule has 2 rings (SSSR count). The van der Waals surface area contributed by atoms with Gasteiger partial charge in [0.25, 0.3) is 0 Å². The fourth-order valence-corrected chi connectivity index (χ4v) is 1.54. The minimum Gasteiger partial charge on any atom is -0.324 e. The summed E-state index contributed by atoms with van der Waals surface area (Å²) in [5, 5.41) is 4.13. The van der Waals surface area contributed by atoms with Crippen LogP contribution in [0.25, 0.3) is 0 Å². The summed E-state index contributed by atoms with van der Waals surface area (Å²) in [7, 11) is 1.97. The fourth-order valence-electron chi connectivity index (χ4n) is 1.54. The molecule has 1 aromatic heterocycles. The summed E-state index contributed by atoms with van der Waals surface area (Å²) >= 11 is 0. The van der Waals surface area contributed by atoms with E-state index in [4.69, 9.17) is 5.73 Å². The van der Waals surface area contributed by atoms with E-state index in [0.29, 0.717) is 0 Å². The molecule has 62 valence electrons. The lowest BCUT2D eigenvalue weighted by atomic mass is 10.2. The Morgan fingerprint density at radius 3 is 3.09 bits per heavy atom. The van der Waals surface area contributed by atoms with Gasteiger partial charge in [-0.1, -0.05) is 0 Å². The second kappa shape index (κ2) is 2.83. The van der Waals surface area contributed by atoms with Gasteiger partial charge in [0.05, 0.1) is 6.20 Å². The van der Waals surface area contributed by atoms with Gasteiger partial charge in [0.15, 0.2) is 0 Å². The summed E-state index contributed by atoms with van der Waals surface area (Å²) in [4.78, 5) is 0. The van der Waals surface area contributed by atoms with Crippen LogP contribution in [-0.4, -0.2) is 9.78 Å². The number of fused-ring (bicyclic) bond motifs is 1. The van der Waals surface area contributed by atoms with Crippen molar-refractivity contribution < 1.29 is 0 Å². The van der Waals surface area contributed by atoms with E-state index in [1.165, 1.54) is 11.3 Å². The maximum Gasteiger partial charge on any atom is 0.0540 e. The Hall–Kier alpha value is -0.540. The summed E-state index contributed by atoms with van der Waals surface area (Å²) in [6.45, 7) is 0. The smallest absolute Gasteiger partial charge is 0.0540 e. The zero-order chi connectivity index (χ0) is 7.14. The molecule has 0 amide bonds. The maximum absolute atomic E-state index is 5.81. The summed E-state index contributed by atoms with van der Waals surface area (Å²) < 4.78 is 1.92. The first-order valence-electron chi connectivity index (χ1n) is 3.55. The Balaban J connectivity index is 0.000000605. The van der Waals surface area contributed by atoms with Gasteiger partial charge in [-0.3, -0.25) is 4.68 Å². The van der Waals surface area contributed by atoms with Crippen molar-refractivity contribution in [1.82, 2.24) is 9.78 Å². The second-order valence-corrected chi connectivity index (χ2v) is 2.82. The molecule has 11 heavy (non-hydrogen) atoms. The third kappa shape index (κ3) is 1.14. The third-order valence-electron chi connectivity index (χ3n) is 2.19. The highest BCUT2D eigenvalue weighted by Crippen LogP contribution is 2.27. The monoisotopic (exact) mass is 173 g/mol. The maximum atomic E-state index is 5.81. The molecule has 1 aliphatic rings. The quantitative estimate of drug-likeness (QED) is 0.631. The molecule has 1 aliphatic carbocycles. The predicted molar refractivity (Wildman–Crippen MR) is 45.7 cm³/mol. The molecule has 3 nitrogen and oxygen atoms in total. The van der Waals surface area contributed by atoms with Gasteiger partial charge in [0.1, 0.15) is 0 Å². The zero-order valence-corrected chi connectivity index (χ0v) is 7.27. The fraction of sp³-hybridized carbons (Fsp3) is 0.571. The average Bonchev–Trinajstić information content (AvgIpc) is 2.41. The van der Waals surface area contributed by atoms with E-state index in [2.05, 4.69) is 5.10 Å². The van der Waals surface area contributed by atoms with Crippen LogP contribution in [0.2, 0.25) is 0 Å². The van der Waals surface area contributed by atoms with Crippen molar-refractivity contribution >= 4 is 12.4 Å². The number of aryl methyl sites for hydroxylation is 1. The number of halogens is 1. The summed E-state index contributed by atoms with van der Waals surface area (Å²) in [6.07, 6.45) is 4.06. The number of nitrogens with two attached hydrogens (primary N) is 1. The van der Waals surface area contributed by atoms with Crippen LogP contribution < -0.4 is 5.73 Å². The summed E-state index contributed by atoms with van der Waals surface area (Å²) in [5.74, 6) is 0. The van der Waals surface area contributed by atoms with Crippen molar-refractivity contribution in [3.05, 3.63) is 17.5 Å². The van der Waals surface area contributed by atoms with Gasteiger partial charge in [-0.05, 0) is 12.8 Å². The van der Waals surface area contributed by atoms with E-state index >= 15 is 0 Å². The highest BCUT2D eigenvalue weighted by Gasteiger charge is 2.21. The molecule has 0 saturated heterocycles. The lowest BCUT2D eigenvalue weighted by Crippen LogP contribution is -2.03. The van der Waals surface area contributed by atoms with Crippen molar-refractivity contribution in [2.24, 2.45) is 12.8 Å². The van der Waals surface area contributed by atoms with Crippen molar-refractivity contribution in [3.63, 3.8) is 0 Å². The van der Waals surface area contributed by atoms with E-state index < -0.39 is 0 Å². The molecule has 1 atom stereocenters. The molecule has 1 heterocycles. The molecule has 0 aliphatic heterocycles. The van der Waals surface area contributed by atoms with Crippen LogP contribution in [0.5, 0.6) is 0 Å². The molecule has 2 N–H and O–H groups in total. The number of nitrogens with zero attached hydrogens (tertiary/aromatic N) is 2. The first kappa shape index (κ1) is 8.56. The minimum absolute atomic E-state index is 0. The van der Waals surface area contributed by atoms with Crippen molar-refractivity contribution in [2.45, 2.75) is 18.9 Å². The van der Waals surface area contributed by atoms with Crippen LogP contribution in [0.15, 0.2) is 6.20 Å². The zero-order valence-electron chi connectivity index (χ0n) is 6.45. The molecule has 0 aromatic carbocycles. The highest BCUT2D eigenvalue weighted by atomic mass is 35.5. The van der Waals surface area contributed by atoms with Crippen molar-refractivity contribution in [3.8, 4) is 0 Å². The number of aromatic nitrogens is 2. The Kier molecular flexibility index (Phi) is 2.20. The van der Waals surface area contributed by atoms with Crippen LogP contribution >= 0.6 is 12.4 Å². The Morgan fingerprint density at radius 1 is 1.73 bits per heavy atom. The highest BCUT2D eigenvalue weighted by molar-refractivity contribution is 5.85. The van der Waals surface area contributed by atoms with Gasteiger partial charge in [0, 0.05) is 24.3 Å². The van der Waals surface area contributed by atoms with Crippen LogP contribution in [0.3, 0.4) is 0 Å². The summed E-state index contributed by atoms with van der Waals surface area (Å²) in [5.41, 5.74) is 8.36. The van der Waals surface area contributed by atoms with E-state index in [0.717, 1.165) is 12.8 Å². The molecule has 0 fully saturated rings. The van der Waals surface area contributed by atoms with Gasteiger partial charge in [-0.15, -0.1) is 12.4 Å². The summed E-state index contributed by atoms with van der Waals surface area (Å²) in [6, 6.07) is 0.240. The third-order valence-corrected chi connectivity index (χ3v) is 2.19. The lowest BCUT2D eigenvalue weighted by Gasteiger charge is -1.96. The first-order chi connectivity index (χ1) is 4.79. The lowest BCUT2D eigenvalue weighted by molar-refractivity contribution is 0.669. The van der Waals surface area contributed by atoms with Crippen LogP contribution in [0.1, 0.15) is 23.7 Å². The van der Waals surface area contributed by atoms with Gasteiger partial charge >= 0.3 is 0 Å². The van der Waals surface area contributed by atoms with E-state index in [1.807, 2.05) is 17.9 Å². The predicted octanol–water partition coefficient (Wildman–Crippen LogP) is 0.788. The molecule has 0 bridgehead atoms. The molecule has 1 aromatic rings. The van der Waals surface area contributed by atoms with Crippen molar-refractivity contribution in [1.29, 1.82) is 0 Å². The van der Waals surface area contributed by atoms with Crippen molar-refractivity contribution in [2.75, 3.05) is 0 Å². The molecule has 0 radical (unpaired) electrons. The Morgan fingerprint density at radius 2 is 2.45 bits per heavy atom. The molecular formula is C7H12ClN3. The largest absolute Gasteiger partial charge is 0.324 e. The normalized spacial score (nSPS) is 21.1. The van der Waals surface area contributed by atoms with Gasteiger partial charge in [-0.2, -0.15) is 5.10 Å². The average molecular weight is 174 g/mol. The van der Waals surface area contributed by atoms with Crippen LogP contribution in [0, 0.1) is 0 Å². The van der Waals surface area contributed by atoms with E-state index in [9.17, 15) is 0 Å². The van der Waals surface area contributed by atoms with E-state index in [1.54, 1.807) is 0 Å². The molecular weight excluding hydrogens is 162 g/mol. The van der Waals surface area contributed by atoms with Crippen LogP contribution in [-0.2, 0) is 13.5 Å². The van der Waals surface area contributed by atoms with Gasteiger partial charge < -0.3 is 5.73 Å². The number of hydrogen-bond donors (Lipinski definition) is 1. The number of hydrogen-bond acceptors (Lipinski definition) is 2. The molecule has 0 spiro atoms. The minimum atomic E-state index is 0. The number of rotatable bonds is 0. The molecule has 4 heteroatoms. The standard InChI is InChI=1S/C7H11N3.ClH/c1-10-7-3-2-6(8)5(7)4-9-10;/h4,6H,2-3,8H2,1H3;1H. The first-order valence-corrected chi connectivity index (χ1v) is 3.55. The second-order valence-electron chi connectivity index (χ2n) is 2.82. The van der Waals surface area contributed by atoms with Gasteiger partial charge in [0.2, 0.25) is 0 Å². The Labute approximate surface area is 72.0 Å². The topological polar surface area (TPSA) is 43.8 Å².